The Morgan fingerprint density at radius 3 is 2.33 bits per heavy atom. The Kier molecular flexibility index (Phi) is 2.31. The second-order valence-corrected chi connectivity index (χ2v) is 2.04. The third-order valence-electron chi connectivity index (χ3n) is 0.877. The molecule has 0 rings (SSSR count). The Labute approximate surface area is 52.6 Å². The van der Waals surface area contributed by atoms with E-state index in [9.17, 15) is 4.79 Å². The summed E-state index contributed by atoms with van der Waals surface area (Å²) in [7, 11) is 0. The SMILES string of the molecule is CC(C)(OO)C(=O)C#N. The Morgan fingerprint density at radius 2 is 2.22 bits per heavy atom. The highest BCUT2D eigenvalue weighted by Crippen LogP contribution is 2.06. The molecule has 0 atom stereocenters. The Hall–Kier alpha value is -0.920. The van der Waals surface area contributed by atoms with E-state index in [0.29, 0.717) is 0 Å². The Morgan fingerprint density at radius 1 is 1.78 bits per heavy atom. The number of carbonyl (C=O) groups is 1. The van der Waals surface area contributed by atoms with Gasteiger partial charge in [0.15, 0.2) is 5.60 Å². The summed E-state index contributed by atoms with van der Waals surface area (Å²) >= 11 is 0. The van der Waals surface area contributed by atoms with Gasteiger partial charge in [-0.05, 0) is 13.8 Å². The second kappa shape index (κ2) is 2.58. The average Bonchev–Trinajstić information content (AvgIpc) is 1.86. The minimum Gasteiger partial charge on any atom is -0.279 e. The van der Waals surface area contributed by atoms with E-state index >= 15 is 0 Å². The highest BCUT2D eigenvalue weighted by molar-refractivity contribution is 5.99. The van der Waals surface area contributed by atoms with Gasteiger partial charge in [-0.25, -0.2) is 4.89 Å². The van der Waals surface area contributed by atoms with Gasteiger partial charge in [0, 0.05) is 0 Å². The Bertz CT molecular complexity index is 156. The largest absolute Gasteiger partial charge is 0.279 e. The van der Waals surface area contributed by atoms with E-state index in [-0.39, 0.29) is 0 Å². The first-order chi connectivity index (χ1) is 4.04. The number of nitriles is 1. The maximum absolute atomic E-state index is 10.4. The summed E-state index contributed by atoms with van der Waals surface area (Å²) in [6.07, 6.45) is 0. The van der Waals surface area contributed by atoms with Gasteiger partial charge in [-0.2, -0.15) is 5.26 Å². The van der Waals surface area contributed by atoms with E-state index in [1.807, 2.05) is 0 Å². The molecule has 0 aliphatic rings. The number of ketones is 1. The van der Waals surface area contributed by atoms with Crippen LogP contribution in [0.3, 0.4) is 0 Å². The van der Waals surface area contributed by atoms with Gasteiger partial charge in [0.2, 0.25) is 0 Å². The number of carbonyl (C=O) groups excluding carboxylic acids is 1. The van der Waals surface area contributed by atoms with E-state index in [1.165, 1.54) is 19.9 Å². The first-order valence-electron chi connectivity index (χ1n) is 2.31. The lowest BCUT2D eigenvalue weighted by molar-refractivity contribution is -0.299. The van der Waals surface area contributed by atoms with Crippen molar-refractivity contribution in [3.05, 3.63) is 0 Å². The molecule has 4 heteroatoms. The predicted molar refractivity (Wildman–Crippen MR) is 28.4 cm³/mol. The van der Waals surface area contributed by atoms with Gasteiger partial charge < -0.3 is 0 Å². The molecule has 0 aliphatic carbocycles. The van der Waals surface area contributed by atoms with Crippen LogP contribution >= 0.6 is 0 Å². The molecule has 0 aromatic heterocycles. The highest BCUT2D eigenvalue weighted by Gasteiger charge is 2.28. The van der Waals surface area contributed by atoms with Gasteiger partial charge in [-0.1, -0.05) is 0 Å². The topological polar surface area (TPSA) is 70.3 Å². The van der Waals surface area contributed by atoms with Crippen LogP contribution < -0.4 is 0 Å². The van der Waals surface area contributed by atoms with E-state index in [4.69, 9.17) is 10.5 Å². The van der Waals surface area contributed by atoms with E-state index in [0.717, 1.165) is 0 Å². The predicted octanol–water partition coefficient (Wildman–Crippen LogP) is 0.347. The molecule has 50 valence electrons. The van der Waals surface area contributed by atoms with Crippen LogP contribution in [0.1, 0.15) is 13.8 Å². The fraction of sp³-hybridized carbons (Fsp3) is 0.600. The van der Waals surface area contributed by atoms with Crippen LogP contribution in [0.4, 0.5) is 0 Å². The molecule has 9 heavy (non-hydrogen) atoms. The van der Waals surface area contributed by atoms with E-state index in [2.05, 4.69) is 4.89 Å². The zero-order valence-corrected chi connectivity index (χ0v) is 5.21. The molecule has 0 saturated carbocycles. The number of hydrogen-bond acceptors (Lipinski definition) is 4. The molecule has 0 radical (unpaired) electrons. The van der Waals surface area contributed by atoms with Crippen LogP contribution in [0.25, 0.3) is 0 Å². The van der Waals surface area contributed by atoms with Crippen molar-refractivity contribution >= 4 is 5.78 Å². The number of Topliss-reactive ketones (excluding diaryl/α,β-unsaturated/α-hetero) is 1. The third kappa shape index (κ3) is 1.80. The van der Waals surface area contributed by atoms with E-state index in [1.54, 1.807) is 0 Å². The smallest absolute Gasteiger partial charge is 0.266 e. The van der Waals surface area contributed by atoms with Crippen molar-refractivity contribution in [2.24, 2.45) is 0 Å². The summed E-state index contributed by atoms with van der Waals surface area (Å²) in [6.45, 7) is 2.61. The summed E-state index contributed by atoms with van der Waals surface area (Å²) in [6, 6.07) is 1.33. The molecule has 0 heterocycles. The summed E-state index contributed by atoms with van der Waals surface area (Å²) < 4.78 is 0. The number of rotatable bonds is 2. The minimum atomic E-state index is -1.39. The quantitative estimate of drug-likeness (QED) is 0.331. The summed E-state index contributed by atoms with van der Waals surface area (Å²) in [5, 5.41) is 16.0. The van der Waals surface area contributed by atoms with Gasteiger partial charge in [-0.3, -0.25) is 10.1 Å². The molecule has 0 unspecified atom stereocenters. The standard InChI is InChI=1S/C5H7NO3/c1-5(2,9-8)4(7)3-6/h8H,1-2H3. The second-order valence-electron chi connectivity index (χ2n) is 2.04. The molecule has 0 fully saturated rings. The van der Waals surface area contributed by atoms with Gasteiger partial charge in [0.25, 0.3) is 5.78 Å². The first kappa shape index (κ1) is 8.08. The molecule has 0 saturated heterocycles. The summed E-state index contributed by atoms with van der Waals surface area (Å²) in [5.74, 6) is -0.801. The summed E-state index contributed by atoms with van der Waals surface area (Å²) in [5.41, 5.74) is -1.39. The Balaban J connectivity index is 4.19. The fourth-order valence-corrected chi connectivity index (χ4v) is 0.176. The van der Waals surface area contributed by atoms with Gasteiger partial charge in [-0.15, -0.1) is 0 Å². The normalized spacial score (nSPS) is 10.4. The number of hydrogen-bond donors (Lipinski definition) is 1. The van der Waals surface area contributed by atoms with Crippen molar-refractivity contribution in [2.45, 2.75) is 19.4 Å². The molecule has 0 aromatic carbocycles. The van der Waals surface area contributed by atoms with Gasteiger partial charge >= 0.3 is 0 Å². The van der Waals surface area contributed by atoms with Crippen molar-refractivity contribution in [1.29, 1.82) is 5.26 Å². The molecular weight excluding hydrogens is 122 g/mol. The molecule has 0 spiro atoms. The maximum Gasteiger partial charge on any atom is 0.266 e. The third-order valence-corrected chi connectivity index (χ3v) is 0.877. The molecular formula is C5H7NO3. The van der Waals surface area contributed by atoms with Crippen molar-refractivity contribution < 1.29 is 14.9 Å². The van der Waals surface area contributed by atoms with Crippen LogP contribution in [0.15, 0.2) is 0 Å². The van der Waals surface area contributed by atoms with Gasteiger partial charge in [0.1, 0.15) is 6.07 Å². The van der Waals surface area contributed by atoms with Crippen LogP contribution in [0.2, 0.25) is 0 Å². The maximum atomic E-state index is 10.4. The molecule has 4 nitrogen and oxygen atoms in total. The zero-order chi connectivity index (χ0) is 7.49. The molecule has 0 aromatic rings. The molecule has 0 amide bonds. The fourth-order valence-electron chi connectivity index (χ4n) is 0.176. The molecule has 1 N–H and O–H groups in total. The lowest BCUT2D eigenvalue weighted by Crippen LogP contribution is -2.32. The lowest BCUT2D eigenvalue weighted by atomic mass is 10.1. The van der Waals surface area contributed by atoms with Crippen LogP contribution in [-0.4, -0.2) is 16.6 Å². The van der Waals surface area contributed by atoms with Crippen LogP contribution in [0.5, 0.6) is 0 Å². The minimum absolute atomic E-state index is 0.801. The lowest BCUT2D eigenvalue weighted by Gasteiger charge is -2.12. The van der Waals surface area contributed by atoms with Crippen molar-refractivity contribution in [2.75, 3.05) is 0 Å². The van der Waals surface area contributed by atoms with Crippen molar-refractivity contribution in [3.8, 4) is 6.07 Å². The average molecular weight is 129 g/mol. The highest BCUT2D eigenvalue weighted by atomic mass is 17.1. The molecule has 0 bridgehead atoms. The number of nitrogens with zero attached hydrogens (tertiary/aromatic N) is 1. The summed E-state index contributed by atoms with van der Waals surface area (Å²) in [4.78, 5) is 14.1. The molecule has 0 aliphatic heterocycles. The van der Waals surface area contributed by atoms with Crippen LogP contribution in [-0.2, 0) is 9.68 Å². The zero-order valence-electron chi connectivity index (χ0n) is 5.21. The van der Waals surface area contributed by atoms with E-state index < -0.39 is 11.4 Å². The first-order valence-corrected chi connectivity index (χ1v) is 2.31. The monoisotopic (exact) mass is 129 g/mol. The van der Waals surface area contributed by atoms with Crippen molar-refractivity contribution in [3.63, 3.8) is 0 Å². The van der Waals surface area contributed by atoms with Crippen molar-refractivity contribution in [1.82, 2.24) is 0 Å². The van der Waals surface area contributed by atoms with Crippen LogP contribution in [0, 0.1) is 11.3 Å². The van der Waals surface area contributed by atoms with Gasteiger partial charge in [0.05, 0.1) is 0 Å².